The quantitative estimate of drug-likeness (QED) is 0.772. The van der Waals surface area contributed by atoms with Gasteiger partial charge in [-0.3, -0.25) is 9.59 Å². The van der Waals surface area contributed by atoms with Gasteiger partial charge in [0.1, 0.15) is 5.76 Å². The van der Waals surface area contributed by atoms with Gasteiger partial charge in [-0.25, -0.2) is 0 Å². The monoisotopic (exact) mass is 225 g/mol. The van der Waals surface area contributed by atoms with Crippen molar-refractivity contribution in [3.63, 3.8) is 0 Å². The van der Waals surface area contributed by atoms with Crippen molar-refractivity contribution >= 4 is 11.9 Å². The molecule has 0 aliphatic rings. The highest BCUT2D eigenvalue weighted by molar-refractivity contribution is 5.77. The molecule has 0 unspecified atom stereocenters. The molecule has 0 bridgehead atoms. The lowest BCUT2D eigenvalue weighted by molar-refractivity contribution is -0.137. The summed E-state index contributed by atoms with van der Waals surface area (Å²) in [5, 5.41) is 11.1. The lowest BCUT2D eigenvalue weighted by Crippen LogP contribution is -2.26. The zero-order chi connectivity index (χ0) is 12.0. The number of amides is 1. The molecule has 1 aromatic heterocycles. The number of nitrogens with one attached hydrogen (secondary N) is 1. The van der Waals surface area contributed by atoms with Crippen molar-refractivity contribution in [3.05, 3.63) is 24.2 Å². The molecule has 1 aromatic rings. The van der Waals surface area contributed by atoms with Gasteiger partial charge in [0, 0.05) is 12.8 Å². The van der Waals surface area contributed by atoms with Crippen LogP contribution < -0.4 is 5.32 Å². The number of hydrogen-bond donors (Lipinski definition) is 2. The van der Waals surface area contributed by atoms with Crippen LogP contribution in [-0.2, 0) is 9.59 Å². The Bertz CT molecular complexity index is 345. The third-order valence-electron chi connectivity index (χ3n) is 2.14. The van der Waals surface area contributed by atoms with E-state index in [-0.39, 0.29) is 24.8 Å². The molecule has 1 amide bonds. The van der Waals surface area contributed by atoms with Gasteiger partial charge >= 0.3 is 5.97 Å². The normalized spacial score (nSPS) is 12.1. The van der Waals surface area contributed by atoms with Crippen LogP contribution in [0, 0.1) is 0 Å². The molecule has 1 rings (SSSR count). The maximum atomic E-state index is 11.4. The van der Waals surface area contributed by atoms with Gasteiger partial charge in [0.05, 0.1) is 12.3 Å². The summed E-state index contributed by atoms with van der Waals surface area (Å²) in [6.45, 7) is 1.81. The van der Waals surface area contributed by atoms with E-state index in [1.807, 2.05) is 6.92 Å². The maximum Gasteiger partial charge on any atom is 0.303 e. The Kier molecular flexibility index (Phi) is 4.57. The number of hydrogen-bond acceptors (Lipinski definition) is 3. The molecule has 0 fully saturated rings. The Morgan fingerprint density at radius 2 is 2.25 bits per heavy atom. The molecule has 0 aromatic carbocycles. The lowest BCUT2D eigenvalue weighted by Gasteiger charge is -2.10. The number of carbonyl (C=O) groups excluding carboxylic acids is 1. The average molecular weight is 225 g/mol. The average Bonchev–Trinajstić information content (AvgIpc) is 2.69. The van der Waals surface area contributed by atoms with E-state index in [0.29, 0.717) is 12.2 Å². The van der Waals surface area contributed by atoms with E-state index < -0.39 is 5.97 Å². The van der Waals surface area contributed by atoms with Crippen LogP contribution in [0.5, 0.6) is 0 Å². The van der Waals surface area contributed by atoms with Crippen molar-refractivity contribution in [1.29, 1.82) is 0 Å². The second kappa shape index (κ2) is 5.95. The van der Waals surface area contributed by atoms with Crippen LogP contribution in [0.15, 0.2) is 22.8 Å². The highest BCUT2D eigenvalue weighted by Gasteiger charge is 2.11. The predicted molar refractivity (Wildman–Crippen MR) is 56.8 cm³/mol. The summed E-state index contributed by atoms with van der Waals surface area (Å²) in [5.41, 5.74) is 0. The first-order chi connectivity index (χ1) is 7.59. The number of carbonyl (C=O) groups is 2. The fourth-order valence-corrected chi connectivity index (χ4v) is 1.32. The van der Waals surface area contributed by atoms with Crippen molar-refractivity contribution in [2.45, 2.75) is 32.2 Å². The summed E-state index contributed by atoms with van der Waals surface area (Å²) in [4.78, 5) is 21.6. The van der Waals surface area contributed by atoms with Gasteiger partial charge in [0.2, 0.25) is 5.91 Å². The van der Waals surface area contributed by atoms with Gasteiger partial charge in [-0.1, -0.05) is 0 Å². The standard InChI is InChI=1S/C11H15NO4/c1-8(9-4-3-7-16-9)12-10(13)5-2-6-11(14)15/h3-4,7-8H,2,5-6H2,1H3,(H,12,13)(H,14,15)/t8-/m0/s1. The predicted octanol–water partition coefficient (Wildman–Crippen LogP) is 1.71. The minimum absolute atomic E-state index is 0.0164. The van der Waals surface area contributed by atoms with E-state index in [0.717, 1.165) is 0 Å². The molecule has 1 atom stereocenters. The molecule has 88 valence electrons. The van der Waals surface area contributed by atoms with E-state index in [2.05, 4.69) is 5.32 Å². The van der Waals surface area contributed by atoms with Gasteiger partial charge in [-0.2, -0.15) is 0 Å². The van der Waals surface area contributed by atoms with Crippen LogP contribution in [0.1, 0.15) is 38.0 Å². The van der Waals surface area contributed by atoms with Crippen LogP contribution in [0.2, 0.25) is 0 Å². The molecule has 0 aliphatic heterocycles. The first-order valence-corrected chi connectivity index (χ1v) is 5.14. The minimum atomic E-state index is -0.883. The third kappa shape index (κ3) is 4.16. The number of carboxylic acids is 1. The summed E-state index contributed by atoms with van der Waals surface area (Å²) in [6, 6.07) is 3.34. The molecule has 16 heavy (non-hydrogen) atoms. The van der Waals surface area contributed by atoms with Crippen LogP contribution >= 0.6 is 0 Å². The number of furan rings is 1. The zero-order valence-corrected chi connectivity index (χ0v) is 9.10. The van der Waals surface area contributed by atoms with E-state index in [4.69, 9.17) is 9.52 Å². The largest absolute Gasteiger partial charge is 0.481 e. The molecule has 0 saturated carbocycles. The Hall–Kier alpha value is -1.78. The summed E-state index contributed by atoms with van der Waals surface area (Å²) in [6.07, 6.45) is 2.13. The molecule has 2 N–H and O–H groups in total. The van der Waals surface area contributed by atoms with E-state index >= 15 is 0 Å². The third-order valence-corrected chi connectivity index (χ3v) is 2.14. The van der Waals surface area contributed by atoms with Crippen LogP contribution in [0.4, 0.5) is 0 Å². The first kappa shape index (κ1) is 12.3. The van der Waals surface area contributed by atoms with Crippen molar-refractivity contribution in [3.8, 4) is 0 Å². The van der Waals surface area contributed by atoms with Crippen molar-refractivity contribution in [2.75, 3.05) is 0 Å². The lowest BCUT2D eigenvalue weighted by atomic mass is 10.2. The van der Waals surface area contributed by atoms with Crippen LogP contribution in [0.25, 0.3) is 0 Å². The molecule has 0 aliphatic carbocycles. The highest BCUT2D eigenvalue weighted by Crippen LogP contribution is 2.12. The van der Waals surface area contributed by atoms with Gasteiger partial charge in [-0.05, 0) is 25.5 Å². The summed E-state index contributed by atoms with van der Waals surface area (Å²) in [5.74, 6) is -0.358. The molecule has 0 saturated heterocycles. The second-order valence-electron chi connectivity index (χ2n) is 3.55. The minimum Gasteiger partial charge on any atom is -0.481 e. The smallest absolute Gasteiger partial charge is 0.303 e. The highest BCUT2D eigenvalue weighted by atomic mass is 16.4. The summed E-state index contributed by atoms with van der Waals surface area (Å²) < 4.78 is 5.13. The molecule has 5 nitrogen and oxygen atoms in total. The van der Waals surface area contributed by atoms with Gasteiger partial charge in [-0.15, -0.1) is 0 Å². The molecular weight excluding hydrogens is 210 g/mol. The van der Waals surface area contributed by atoms with Gasteiger partial charge in [0.25, 0.3) is 0 Å². The van der Waals surface area contributed by atoms with Crippen LogP contribution in [0.3, 0.4) is 0 Å². The summed E-state index contributed by atoms with van der Waals surface area (Å²) >= 11 is 0. The van der Waals surface area contributed by atoms with Crippen molar-refractivity contribution < 1.29 is 19.1 Å². The number of rotatable bonds is 6. The molecule has 5 heteroatoms. The Morgan fingerprint density at radius 3 is 2.81 bits per heavy atom. The van der Waals surface area contributed by atoms with Crippen LogP contribution in [-0.4, -0.2) is 17.0 Å². The van der Waals surface area contributed by atoms with E-state index in [1.165, 1.54) is 0 Å². The summed E-state index contributed by atoms with van der Waals surface area (Å²) in [7, 11) is 0. The first-order valence-electron chi connectivity index (χ1n) is 5.14. The van der Waals surface area contributed by atoms with Crippen molar-refractivity contribution in [2.24, 2.45) is 0 Å². The molecule has 0 radical (unpaired) electrons. The van der Waals surface area contributed by atoms with Gasteiger partial charge in [0.15, 0.2) is 0 Å². The Balaban J connectivity index is 2.26. The fourth-order valence-electron chi connectivity index (χ4n) is 1.32. The maximum absolute atomic E-state index is 11.4. The second-order valence-corrected chi connectivity index (χ2v) is 3.55. The zero-order valence-electron chi connectivity index (χ0n) is 9.10. The molecule has 1 heterocycles. The Labute approximate surface area is 93.4 Å². The topological polar surface area (TPSA) is 79.5 Å². The Morgan fingerprint density at radius 1 is 1.50 bits per heavy atom. The van der Waals surface area contributed by atoms with E-state index in [9.17, 15) is 9.59 Å². The number of aliphatic carboxylic acids is 1. The van der Waals surface area contributed by atoms with E-state index in [1.54, 1.807) is 18.4 Å². The molecule has 0 spiro atoms. The van der Waals surface area contributed by atoms with Crippen molar-refractivity contribution in [1.82, 2.24) is 5.32 Å². The fraction of sp³-hybridized carbons (Fsp3) is 0.455. The number of carboxylic acid groups (broad SMARTS) is 1. The SMILES string of the molecule is C[C@H](NC(=O)CCCC(=O)O)c1ccco1. The molecular formula is C11H15NO4. The van der Waals surface area contributed by atoms with Gasteiger partial charge < -0.3 is 14.8 Å².